The van der Waals surface area contributed by atoms with Gasteiger partial charge in [-0.2, -0.15) is 0 Å². The molecule has 0 radical (unpaired) electrons. The zero-order valence-electron chi connectivity index (χ0n) is 14.2. The fourth-order valence-corrected chi connectivity index (χ4v) is 2.47. The van der Waals surface area contributed by atoms with E-state index in [0.717, 1.165) is 11.3 Å². The highest BCUT2D eigenvalue weighted by Gasteiger charge is 2.13. The number of para-hydroxylation sites is 1. The quantitative estimate of drug-likeness (QED) is 0.769. The number of benzene rings is 1. The van der Waals surface area contributed by atoms with E-state index in [9.17, 15) is 4.79 Å². The first-order chi connectivity index (χ1) is 12.1. The SMILES string of the molecule is COc1ccccc1-c1cc(CNC(=O)c2cc(C)nc(C)n2)on1. The van der Waals surface area contributed by atoms with Crippen LogP contribution in [0.5, 0.6) is 5.75 Å². The van der Waals surface area contributed by atoms with Crippen molar-refractivity contribution in [2.24, 2.45) is 0 Å². The highest BCUT2D eigenvalue weighted by molar-refractivity contribution is 5.92. The normalized spacial score (nSPS) is 10.5. The maximum absolute atomic E-state index is 12.2. The molecule has 2 aromatic heterocycles. The van der Waals surface area contributed by atoms with Crippen LogP contribution >= 0.6 is 0 Å². The Morgan fingerprint density at radius 3 is 2.76 bits per heavy atom. The molecule has 0 aliphatic heterocycles. The molecule has 2 heterocycles. The zero-order valence-corrected chi connectivity index (χ0v) is 14.2. The maximum atomic E-state index is 12.2. The average Bonchev–Trinajstić information content (AvgIpc) is 3.07. The number of hydrogen-bond acceptors (Lipinski definition) is 6. The molecule has 0 saturated carbocycles. The van der Waals surface area contributed by atoms with Gasteiger partial charge in [0.25, 0.3) is 5.91 Å². The summed E-state index contributed by atoms with van der Waals surface area (Å²) in [5.74, 6) is 1.52. The molecular weight excluding hydrogens is 320 g/mol. The lowest BCUT2D eigenvalue weighted by Crippen LogP contribution is -2.24. The van der Waals surface area contributed by atoms with E-state index in [1.165, 1.54) is 0 Å². The van der Waals surface area contributed by atoms with Crippen molar-refractivity contribution in [3.05, 3.63) is 59.4 Å². The van der Waals surface area contributed by atoms with Gasteiger partial charge >= 0.3 is 0 Å². The molecule has 7 heteroatoms. The van der Waals surface area contributed by atoms with Crippen LogP contribution in [-0.2, 0) is 6.54 Å². The van der Waals surface area contributed by atoms with Gasteiger partial charge in [-0.1, -0.05) is 17.3 Å². The Hall–Kier alpha value is -3.22. The van der Waals surface area contributed by atoms with Gasteiger partial charge in [0.05, 0.1) is 13.7 Å². The number of nitrogens with zero attached hydrogens (tertiary/aromatic N) is 3. The summed E-state index contributed by atoms with van der Waals surface area (Å²) in [4.78, 5) is 20.5. The van der Waals surface area contributed by atoms with E-state index < -0.39 is 0 Å². The van der Waals surface area contributed by atoms with Gasteiger partial charge in [0.2, 0.25) is 0 Å². The smallest absolute Gasteiger partial charge is 0.270 e. The lowest BCUT2D eigenvalue weighted by Gasteiger charge is -2.04. The number of hydrogen-bond donors (Lipinski definition) is 1. The summed E-state index contributed by atoms with van der Waals surface area (Å²) in [5.41, 5.74) is 2.55. The van der Waals surface area contributed by atoms with Crippen LogP contribution in [0.4, 0.5) is 0 Å². The predicted molar refractivity (Wildman–Crippen MR) is 91.2 cm³/mol. The topological polar surface area (TPSA) is 90.1 Å². The van der Waals surface area contributed by atoms with Crippen molar-refractivity contribution in [2.45, 2.75) is 20.4 Å². The largest absolute Gasteiger partial charge is 0.496 e. The third-order valence-electron chi connectivity index (χ3n) is 3.56. The number of methoxy groups -OCH3 is 1. The molecule has 0 saturated heterocycles. The van der Waals surface area contributed by atoms with Crippen LogP contribution in [0.2, 0.25) is 0 Å². The van der Waals surface area contributed by atoms with Gasteiger partial charge in [-0.05, 0) is 32.0 Å². The van der Waals surface area contributed by atoms with Crippen molar-refractivity contribution in [1.29, 1.82) is 0 Å². The van der Waals surface area contributed by atoms with Gasteiger partial charge in [0.15, 0.2) is 5.76 Å². The summed E-state index contributed by atoms with van der Waals surface area (Å²) in [6, 6.07) is 10.9. The van der Waals surface area contributed by atoms with E-state index in [-0.39, 0.29) is 12.5 Å². The second kappa shape index (κ2) is 7.12. The molecule has 0 aliphatic rings. The number of carbonyl (C=O) groups excluding carboxylic acids is 1. The minimum atomic E-state index is -0.288. The molecule has 0 atom stereocenters. The van der Waals surface area contributed by atoms with Crippen LogP contribution in [0.15, 0.2) is 40.9 Å². The highest BCUT2D eigenvalue weighted by Crippen LogP contribution is 2.28. The van der Waals surface area contributed by atoms with E-state index in [4.69, 9.17) is 9.26 Å². The number of amides is 1. The van der Waals surface area contributed by atoms with Crippen LogP contribution in [0.1, 0.15) is 27.8 Å². The lowest BCUT2D eigenvalue weighted by molar-refractivity contribution is 0.0941. The van der Waals surface area contributed by atoms with Crippen molar-refractivity contribution < 1.29 is 14.1 Å². The summed E-state index contributed by atoms with van der Waals surface area (Å²) in [5, 5.41) is 6.81. The number of ether oxygens (including phenoxy) is 1. The first kappa shape index (κ1) is 16.6. The van der Waals surface area contributed by atoms with E-state index in [1.54, 1.807) is 26.2 Å². The summed E-state index contributed by atoms with van der Waals surface area (Å²) in [6.07, 6.45) is 0. The molecular formula is C18H18N4O3. The fraction of sp³-hybridized carbons (Fsp3) is 0.222. The molecule has 1 amide bonds. The minimum Gasteiger partial charge on any atom is -0.496 e. The van der Waals surface area contributed by atoms with Crippen molar-refractivity contribution >= 4 is 5.91 Å². The van der Waals surface area contributed by atoms with Crippen molar-refractivity contribution in [2.75, 3.05) is 7.11 Å². The third kappa shape index (κ3) is 3.82. The van der Waals surface area contributed by atoms with Gasteiger partial charge in [-0.25, -0.2) is 9.97 Å². The number of nitrogens with one attached hydrogen (secondary N) is 1. The molecule has 3 rings (SSSR count). The molecule has 0 fully saturated rings. The Bertz CT molecular complexity index is 885. The second-order valence-corrected chi connectivity index (χ2v) is 5.50. The summed E-state index contributed by atoms with van der Waals surface area (Å²) in [6.45, 7) is 3.78. The number of aryl methyl sites for hydroxylation is 2. The highest BCUT2D eigenvalue weighted by atomic mass is 16.5. The number of carbonyl (C=O) groups is 1. The van der Waals surface area contributed by atoms with Crippen LogP contribution in [0.3, 0.4) is 0 Å². The molecule has 1 N–H and O–H groups in total. The van der Waals surface area contributed by atoms with Crippen molar-refractivity contribution in [3.63, 3.8) is 0 Å². The van der Waals surface area contributed by atoms with E-state index in [2.05, 4.69) is 20.4 Å². The fourth-order valence-electron chi connectivity index (χ4n) is 2.47. The molecule has 128 valence electrons. The minimum absolute atomic E-state index is 0.211. The first-order valence-electron chi connectivity index (χ1n) is 7.76. The Kier molecular flexibility index (Phi) is 4.74. The molecule has 7 nitrogen and oxygen atoms in total. The van der Waals surface area contributed by atoms with Crippen molar-refractivity contribution in [1.82, 2.24) is 20.4 Å². The second-order valence-electron chi connectivity index (χ2n) is 5.50. The van der Waals surface area contributed by atoms with Gasteiger partial charge in [0.1, 0.15) is 23.0 Å². The molecule has 0 bridgehead atoms. The molecule has 0 spiro atoms. The molecule has 25 heavy (non-hydrogen) atoms. The number of aromatic nitrogens is 3. The van der Waals surface area contributed by atoms with E-state index in [1.807, 2.05) is 31.2 Å². The molecule has 0 aliphatic carbocycles. The van der Waals surface area contributed by atoms with E-state index in [0.29, 0.717) is 28.7 Å². The van der Waals surface area contributed by atoms with Gasteiger partial charge in [-0.15, -0.1) is 0 Å². The first-order valence-corrected chi connectivity index (χ1v) is 7.76. The zero-order chi connectivity index (χ0) is 17.8. The lowest BCUT2D eigenvalue weighted by atomic mass is 10.1. The predicted octanol–water partition coefficient (Wildman–Crippen LogP) is 2.69. The molecule has 1 aromatic carbocycles. The Morgan fingerprint density at radius 1 is 1.20 bits per heavy atom. The molecule has 3 aromatic rings. The van der Waals surface area contributed by atoms with E-state index >= 15 is 0 Å². The van der Waals surface area contributed by atoms with Crippen LogP contribution < -0.4 is 10.1 Å². The van der Waals surface area contributed by atoms with Gasteiger partial charge < -0.3 is 14.6 Å². The van der Waals surface area contributed by atoms with Gasteiger partial charge in [-0.3, -0.25) is 4.79 Å². The third-order valence-corrected chi connectivity index (χ3v) is 3.56. The van der Waals surface area contributed by atoms with Crippen LogP contribution in [-0.4, -0.2) is 28.1 Å². The average molecular weight is 338 g/mol. The molecule has 0 unspecified atom stereocenters. The summed E-state index contributed by atoms with van der Waals surface area (Å²) < 4.78 is 10.6. The number of rotatable bonds is 5. The Balaban J connectivity index is 1.70. The van der Waals surface area contributed by atoms with Crippen molar-refractivity contribution in [3.8, 4) is 17.0 Å². The van der Waals surface area contributed by atoms with Crippen LogP contribution in [0.25, 0.3) is 11.3 Å². The Morgan fingerprint density at radius 2 is 2.00 bits per heavy atom. The summed E-state index contributed by atoms with van der Waals surface area (Å²) >= 11 is 0. The maximum Gasteiger partial charge on any atom is 0.270 e. The standard InChI is InChI=1S/C18H18N4O3/c1-11-8-16(21-12(2)20-11)18(23)19-10-13-9-15(22-25-13)14-6-4-5-7-17(14)24-3/h4-9H,10H2,1-3H3,(H,19,23). The van der Waals surface area contributed by atoms with Gasteiger partial charge in [0, 0.05) is 17.3 Å². The summed E-state index contributed by atoms with van der Waals surface area (Å²) in [7, 11) is 1.60. The Labute approximate surface area is 145 Å². The van der Waals surface area contributed by atoms with Crippen LogP contribution in [0, 0.1) is 13.8 Å². The monoisotopic (exact) mass is 338 g/mol.